The number of ketones is 1. The van der Waals surface area contributed by atoms with E-state index in [0.29, 0.717) is 15.1 Å². The minimum Gasteiger partial charge on any atom is -0.451 e. The summed E-state index contributed by atoms with van der Waals surface area (Å²) in [6, 6.07) is 11.2. The second-order valence-electron chi connectivity index (χ2n) is 4.54. The Labute approximate surface area is 146 Å². The molecule has 3 nitrogen and oxygen atoms in total. The lowest BCUT2D eigenvalue weighted by atomic mass is 10.1. The molecule has 114 valence electrons. The molecule has 0 aliphatic heterocycles. The fourth-order valence-electron chi connectivity index (χ4n) is 1.78. The zero-order valence-electron chi connectivity index (χ0n) is 11.5. The number of esters is 1. The van der Waals surface area contributed by atoms with Crippen LogP contribution in [0.3, 0.4) is 0 Å². The van der Waals surface area contributed by atoms with Gasteiger partial charge in [0.25, 0.3) is 0 Å². The standard InChI is InChI=1S/C16H11BrCl2O3/c1-9(15(20)10-2-5-12(18)6-3-10)22-16(21)13-8-11(17)4-7-14(13)19/h2-9H,1H3/t9-/m0/s1. The van der Waals surface area contributed by atoms with Crippen molar-refractivity contribution in [1.82, 2.24) is 0 Å². The fraction of sp³-hybridized carbons (Fsp3) is 0.125. The molecule has 0 aliphatic rings. The average Bonchev–Trinajstić information content (AvgIpc) is 2.49. The third-order valence-electron chi connectivity index (χ3n) is 2.93. The van der Waals surface area contributed by atoms with E-state index in [1.165, 1.54) is 6.92 Å². The molecule has 0 aromatic heterocycles. The van der Waals surface area contributed by atoms with E-state index < -0.39 is 12.1 Å². The van der Waals surface area contributed by atoms with E-state index in [4.69, 9.17) is 27.9 Å². The van der Waals surface area contributed by atoms with Crippen LogP contribution in [0.1, 0.15) is 27.6 Å². The predicted octanol–water partition coefficient (Wildman–Crippen LogP) is 5.18. The number of ether oxygens (including phenoxy) is 1. The molecule has 0 saturated carbocycles. The molecule has 0 fully saturated rings. The van der Waals surface area contributed by atoms with Gasteiger partial charge in [0, 0.05) is 15.1 Å². The van der Waals surface area contributed by atoms with E-state index in [-0.39, 0.29) is 16.4 Å². The van der Waals surface area contributed by atoms with Gasteiger partial charge in [-0.05, 0) is 49.4 Å². The van der Waals surface area contributed by atoms with Crippen molar-refractivity contribution in [3.8, 4) is 0 Å². The maximum absolute atomic E-state index is 12.2. The smallest absolute Gasteiger partial charge is 0.340 e. The van der Waals surface area contributed by atoms with Crippen LogP contribution in [0.15, 0.2) is 46.9 Å². The van der Waals surface area contributed by atoms with Gasteiger partial charge in [-0.3, -0.25) is 4.79 Å². The molecule has 22 heavy (non-hydrogen) atoms. The topological polar surface area (TPSA) is 43.4 Å². The van der Waals surface area contributed by atoms with Gasteiger partial charge in [-0.15, -0.1) is 0 Å². The van der Waals surface area contributed by atoms with Crippen molar-refractivity contribution in [2.24, 2.45) is 0 Å². The molecule has 0 unspecified atom stereocenters. The third-order valence-corrected chi connectivity index (χ3v) is 4.00. The molecule has 0 amide bonds. The van der Waals surface area contributed by atoms with Gasteiger partial charge in [-0.1, -0.05) is 39.1 Å². The van der Waals surface area contributed by atoms with Gasteiger partial charge in [0.15, 0.2) is 6.10 Å². The molecule has 0 N–H and O–H groups in total. The summed E-state index contributed by atoms with van der Waals surface area (Å²) in [6.45, 7) is 1.51. The highest BCUT2D eigenvalue weighted by Crippen LogP contribution is 2.22. The molecular weight excluding hydrogens is 391 g/mol. The Kier molecular flexibility index (Phi) is 5.62. The van der Waals surface area contributed by atoms with Crippen LogP contribution in [0.2, 0.25) is 10.0 Å². The van der Waals surface area contributed by atoms with Gasteiger partial charge in [0.1, 0.15) is 0 Å². The van der Waals surface area contributed by atoms with Crippen molar-refractivity contribution in [2.75, 3.05) is 0 Å². The van der Waals surface area contributed by atoms with Crippen LogP contribution >= 0.6 is 39.1 Å². The summed E-state index contributed by atoms with van der Waals surface area (Å²) in [5, 5.41) is 0.793. The van der Waals surface area contributed by atoms with Crippen molar-refractivity contribution in [3.63, 3.8) is 0 Å². The first-order valence-corrected chi connectivity index (χ1v) is 7.89. The molecule has 0 bridgehead atoms. The zero-order valence-corrected chi connectivity index (χ0v) is 14.6. The fourth-order valence-corrected chi connectivity index (χ4v) is 2.46. The largest absolute Gasteiger partial charge is 0.451 e. The molecule has 2 aromatic carbocycles. The lowest BCUT2D eigenvalue weighted by Gasteiger charge is -2.13. The SMILES string of the molecule is C[C@H](OC(=O)c1cc(Br)ccc1Cl)C(=O)c1ccc(Cl)cc1. The highest BCUT2D eigenvalue weighted by atomic mass is 79.9. The molecule has 0 radical (unpaired) electrons. The number of benzene rings is 2. The van der Waals surface area contributed by atoms with Crippen LogP contribution in [0.25, 0.3) is 0 Å². The number of hydrogen-bond donors (Lipinski definition) is 0. The molecule has 2 aromatic rings. The molecular formula is C16H11BrCl2O3. The van der Waals surface area contributed by atoms with Crippen molar-refractivity contribution < 1.29 is 14.3 Å². The number of Topliss-reactive ketones (excluding diaryl/α,β-unsaturated/α-hetero) is 1. The predicted molar refractivity (Wildman–Crippen MR) is 89.8 cm³/mol. The molecule has 0 aliphatic carbocycles. The second-order valence-corrected chi connectivity index (χ2v) is 6.30. The average molecular weight is 402 g/mol. The molecule has 0 heterocycles. The summed E-state index contributed by atoms with van der Waals surface area (Å²) < 4.78 is 5.89. The Bertz CT molecular complexity index is 714. The van der Waals surface area contributed by atoms with Gasteiger partial charge in [-0.25, -0.2) is 4.79 Å². The molecule has 2 rings (SSSR count). The number of halogens is 3. The number of rotatable bonds is 4. The Morgan fingerprint density at radius 3 is 2.36 bits per heavy atom. The maximum atomic E-state index is 12.2. The summed E-state index contributed by atoms with van der Waals surface area (Å²) in [4.78, 5) is 24.3. The Morgan fingerprint density at radius 2 is 1.73 bits per heavy atom. The molecule has 0 saturated heterocycles. The second kappa shape index (κ2) is 7.27. The minimum absolute atomic E-state index is 0.201. The van der Waals surface area contributed by atoms with Crippen LogP contribution in [0, 0.1) is 0 Å². The van der Waals surface area contributed by atoms with Crippen molar-refractivity contribution in [1.29, 1.82) is 0 Å². The van der Waals surface area contributed by atoms with E-state index >= 15 is 0 Å². The first-order valence-electron chi connectivity index (χ1n) is 6.34. The van der Waals surface area contributed by atoms with Crippen molar-refractivity contribution >= 4 is 50.9 Å². The Hall–Kier alpha value is -1.36. The Balaban J connectivity index is 2.12. The van der Waals surface area contributed by atoms with Gasteiger partial charge in [0.05, 0.1) is 10.6 Å². The monoisotopic (exact) mass is 400 g/mol. The van der Waals surface area contributed by atoms with E-state index in [0.717, 1.165) is 0 Å². The summed E-state index contributed by atoms with van der Waals surface area (Å²) in [6.07, 6.45) is -0.927. The summed E-state index contributed by atoms with van der Waals surface area (Å²) in [5.41, 5.74) is 0.622. The number of carbonyl (C=O) groups excluding carboxylic acids is 2. The van der Waals surface area contributed by atoms with Crippen LogP contribution in [0.5, 0.6) is 0 Å². The highest BCUT2D eigenvalue weighted by molar-refractivity contribution is 9.10. The number of hydrogen-bond acceptors (Lipinski definition) is 3. The molecule has 0 spiro atoms. The van der Waals surface area contributed by atoms with Crippen molar-refractivity contribution in [3.05, 3.63) is 68.1 Å². The van der Waals surface area contributed by atoms with Gasteiger partial charge < -0.3 is 4.74 Å². The first-order chi connectivity index (χ1) is 10.4. The molecule has 6 heteroatoms. The molecule has 1 atom stereocenters. The highest BCUT2D eigenvalue weighted by Gasteiger charge is 2.21. The maximum Gasteiger partial charge on any atom is 0.340 e. The minimum atomic E-state index is -0.927. The van der Waals surface area contributed by atoms with E-state index in [2.05, 4.69) is 15.9 Å². The van der Waals surface area contributed by atoms with Crippen LogP contribution in [0.4, 0.5) is 0 Å². The zero-order chi connectivity index (χ0) is 16.3. The van der Waals surface area contributed by atoms with E-state index in [1.54, 1.807) is 42.5 Å². The van der Waals surface area contributed by atoms with E-state index in [1.807, 2.05) is 0 Å². The van der Waals surface area contributed by atoms with Crippen LogP contribution in [-0.4, -0.2) is 17.9 Å². The Morgan fingerprint density at radius 1 is 1.09 bits per heavy atom. The normalized spacial score (nSPS) is 11.8. The van der Waals surface area contributed by atoms with Gasteiger partial charge in [-0.2, -0.15) is 0 Å². The third kappa shape index (κ3) is 4.09. The lowest BCUT2D eigenvalue weighted by Crippen LogP contribution is -2.24. The lowest BCUT2D eigenvalue weighted by molar-refractivity contribution is 0.0319. The summed E-state index contributed by atoms with van der Waals surface area (Å²) in [5.74, 6) is -0.961. The van der Waals surface area contributed by atoms with Crippen LogP contribution in [-0.2, 0) is 4.74 Å². The van der Waals surface area contributed by atoms with Crippen molar-refractivity contribution in [2.45, 2.75) is 13.0 Å². The van der Waals surface area contributed by atoms with E-state index in [9.17, 15) is 9.59 Å². The van der Waals surface area contributed by atoms with Crippen LogP contribution < -0.4 is 0 Å². The summed E-state index contributed by atoms with van der Waals surface area (Å²) in [7, 11) is 0. The quantitative estimate of drug-likeness (QED) is 0.523. The summed E-state index contributed by atoms with van der Waals surface area (Å²) >= 11 is 15.0. The number of carbonyl (C=O) groups is 2. The first kappa shape index (κ1) is 17.0. The van der Waals surface area contributed by atoms with Gasteiger partial charge in [0.2, 0.25) is 5.78 Å². The van der Waals surface area contributed by atoms with Gasteiger partial charge >= 0.3 is 5.97 Å².